The largest absolute Gasteiger partial charge is 0.683 e. The zero-order chi connectivity index (χ0) is 17.5. The molecule has 0 bridgehead atoms. The van der Waals surface area contributed by atoms with Crippen LogP contribution in [-0.4, -0.2) is 12.3 Å². The molecule has 0 heterocycles. The van der Waals surface area contributed by atoms with Crippen molar-refractivity contribution in [2.75, 3.05) is 6.54 Å². The molecule has 1 aliphatic carbocycles. The Labute approximate surface area is 195 Å². The van der Waals surface area contributed by atoms with E-state index in [1.807, 2.05) is 0 Å². The second-order valence-corrected chi connectivity index (χ2v) is 7.37. The first-order valence-corrected chi connectivity index (χ1v) is 9.63. The van der Waals surface area contributed by atoms with E-state index in [1.54, 1.807) is 0 Å². The van der Waals surface area contributed by atoms with E-state index >= 15 is 0 Å². The van der Waals surface area contributed by atoms with Crippen molar-refractivity contribution in [1.29, 1.82) is 0 Å². The zero-order valence-electron chi connectivity index (χ0n) is 19.6. The number of allylic oxidation sites excluding steroid dienone is 2. The number of nitrogens with zero attached hydrogens (tertiary/aromatic N) is 2. The van der Waals surface area contributed by atoms with Gasteiger partial charge in [-0.05, 0) is 42.2 Å². The summed E-state index contributed by atoms with van der Waals surface area (Å²) in [6, 6.07) is 6.64. The Balaban J connectivity index is -0.00000156. The summed E-state index contributed by atoms with van der Waals surface area (Å²) in [7, 11) is 0. The van der Waals surface area contributed by atoms with Crippen molar-refractivity contribution < 1.29 is 25.8 Å². The Hall–Kier alpha value is -0.700. The van der Waals surface area contributed by atoms with Gasteiger partial charge in [0.15, 0.2) is 0 Å². The molecule has 0 saturated carbocycles. The second kappa shape index (κ2) is 16.1. The minimum absolute atomic E-state index is 0. The van der Waals surface area contributed by atoms with Gasteiger partial charge in [-0.1, -0.05) is 71.7 Å². The Morgan fingerprint density at radius 1 is 1.00 bits per heavy atom. The van der Waals surface area contributed by atoms with Crippen molar-refractivity contribution in [3.05, 3.63) is 68.7 Å². The molecule has 2 rings (SSSR count). The van der Waals surface area contributed by atoms with Gasteiger partial charge in [-0.2, -0.15) is 0 Å². The van der Waals surface area contributed by atoms with Crippen molar-refractivity contribution in [2.24, 2.45) is 4.99 Å². The van der Waals surface area contributed by atoms with Crippen LogP contribution in [0.25, 0.3) is 5.32 Å². The summed E-state index contributed by atoms with van der Waals surface area (Å²) in [5.74, 6) is 0.965. The van der Waals surface area contributed by atoms with Crippen molar-refractivity contribution in [3.63, 3.8) is 0 Å². The number of aliphatic imine (C=N–C) groups is 1. The van der Waals surface area contributed by atoms with E-state index in [9.17, 15) is 0 Å². The summed E-state index contributed by atoms with van der Waals surface area (Å²) in [5.41, 5.74) is 6.23. The topological polar surface area (TPSA) is 26.5 Å². The number of para-hydroxylation sites is 1. The van der Waals surface area contributed by atoms with Crippen LogP contribution in [0.1, 0.15) is 89.7 Å². The molecule has 28 heavy (non-hydrogen) atoms. The minimum atomic E-state index is 0. The SMILES string of the molecule is CCCC[N-]C1=CCCCC1=Nc1c(C(C)C)cccc1C(C)C.[CH3-].[CH3-].[CH3-].[Hf]. The van der Waals surface area contributed by atoms with E-state index in [-0.39, 0.29) is 48.1 Å². The fourth-order valence-electron chi connectivity index (χ4n) is 3.16. The molecule has 2 nitrogen and oxygen atoms in total. The fourth-order valence-corrected chi connectivity index (χ4v) is 3.16. The summed E-state index contributed by atoms with van der Waals surface area (Å²) in [5, 5.41) is 4.83. The Morgan fingerprint density at radius 3 is 2.07 bits per heavy atom. The van der Waals surface area contributed by atoms with Gasteiger partial charge in [-0.25, -0.2) is 0 Å². The summed E-state index contributed by atoms with van der Waals surface area (Å²) < 4.78 is 0. The molecule has 3 heteroatoms. The van der Waals surface area contributed by atoms with Gasteiger partial charge in [0.05, 0.1) is 5.69 Å². The van der Waals surface area contributed by atoms with Gasteiger partial charge in [0, 0.05) is 31.6 Å². The maximum atomic E-state index is 5.18. The first kappa shape index (κ1) is 32.0. The monoisotopic (exact) mass is 550 g/mol. The molecule has 0 N–H and O–H groups in total. The zero-order valence-corrected chi connectivity index (χ0v) is 23.2. The molecule has 1 aliphatic rings. The average molecular weight is 549 g/mol. The van der Waals surface area contributed by atoms with E-state index < -0.39 is 0 Å². The van der Waals surface area contributed by atoms with Gasteiger partial charge in [0.2, 0.25) is 0 Å². The Morgan fingerprint density at radius 2 is 1.57 bits per heavy atom. The van der Waals surface area contributed by atoms with Gasteiger partial charge in [-0.3, -0.25) is 4.99 Å². The van der Waals surface area contributed by atoms with Crippen LogP contribution in [0.5, 0.6) is 0 Å². The van der Waals surface area contributed by atoms with Crippen LogP contribution in [0.15, 0.2) is 35.0 Å². The number of hydrogen-bond acceptors (Lipinski definition) is 1. The molecule has 0 saturated heterocycles. The summed E-state index contributed by atoms with van der Waals surface area (Å²) >= 11 is 0. The number of unbranched alkanes of at least 4 members (excludes halogenated alkanes) is 1. The van der Waals surface area contributed by atoms with Crippen LogP contribution in [0.3, 0.4) is 0 Å². The van der Waals surface area contributed by atoms with Crippen molar-refractivity contribution >= 4 is 11.4 Å². The molecule has 0 aromatic heterocycles. The second-order valence-electron chi connectivity index (χ2n) is 7.37. The van der Waals surface area contributed by atoms with E-state index in [0.717, 1.165) is 31.5 Å². The molecule has 0 fully saturated rings. The van der Waals surface area contributed by atoms with Gasteiger partial charge in [0.25, 0.3) is 0 Å². The Kier molecular flexibility index (Phi) is 18.4. The van der Waals surface area contributed by atoms with E-state index in [4.69, 9.17) is 10.3 Å². The molecular weight excluding hydrogens is 507 g/mol. The van der Waals surface area contributed by atoms with Crippen molar-refractivity contribution in [1.82, 2.24) is 0 Å². The standard InChI is InChI=1S/C22H33N2.3CH3.Hf/c1-6-7-15-23-20-13-8-9-14-21(20)24-22-18(16(2)3)11-10-12-19(22)17(4)5;;;;/h10-13,16-17H,6-9,14-15H2,1-5H3;3*1H3;/q4*-1;. The smallest absolute Gasteiger partial charge is 0.0701 e. The number of hydrogen-bond donors (Lipinski definition) is 0. The maximum absolute atomic E-state index is 5.18. The molecular formula is C25H42HfN2-4. The first-order valence-electron chi connectivity index (χ1n) is 9.63. The minimum Gasteiger partial charge on any atom is -0.683 e. The molecule has 1 aromatic rings. The third-order valence-corrected chi connectivity index (χ3v) is 4.63. The average Bonchev–Trinajstić information content (AvgIpc) is 2.56. The van der Waals surface area contributed by atoms with Crippen LogP contribution in [0.2, 0.25) is 0 Å². The third kappa shape index (κ3) is 8.76. The van der Waals surface area contributed by atoms with Crippen LogP contribution >= 0.6 is 0 Å². The fraction of sp³-hybridized carbons (Fsp3) is 0.520. The molecule has 0 radical (unpaired) electrons. The van der Waals surface area contributed by atoms with Gasteiger partial charge in [0.1, 0.15) is 0 Å². The van der Waals surface area contributed by atoms with E-state index in [1.165, 1.54) is 35.4 Å². The molecule has 1 aromatic carbocycles. The molecule has 0 spiro atoms. The molecule has 0 atom stereocenters. The van der Waals surface area contributed by atoms with E-state index in [2.05, 4.69) is 58.9 Å². The summed E-state index contributed by atoms with van der Waals surface area (Å²) in [6.45, 7) is 12.2. The van der Waals surface area contributed by atoms with Gasteiger partial charge >= 0.3 is 0 Å². The predicted molar refractivity (Wildman–Crippen MR) is 126 cm³/mol. The maximum Gasteiger partial charge on any atom is 0.0701 e. The normalized spacial score (nSPS) is 14.4. The summed E-state index contributed by atoms with van der Waals surface area (Å²) in [6.07, 6.45) is 8.00. The first-order chi connectivity index (χ1) is 11.5. The van der Waals surface area contributed by atoms with Crippen LogP contribution in [0, 0.1) is 22.3 Å². The summed E-state index contributed by atoms with van der Waals surface area (Å²) in [4.78, 5) is 5.18. The van der Waals surface area contributed by atoms with E-state index in [0.29, 0.717) is 11.8 Å². The third-order valence-electron chi connectivity index (χ3n) is 4.63. The van der Waals surface area contributed by atoms with Crippen molar-refractivity contribution in [2.45, 2.75) is 78.6 Å². The van der Waals surface area contributed by atoms with Crippen LogP contribution in [-0.2, 0) is 25.8 Å². The van der Waals surface area contributed by atoms with Crippen LogP contribution < -0.4 is 0 Å². The van der Waals surface area contributed by atoms with Crippen LogP contribution in [0.4, 0.5) is 5.69 Å². The quantitative estimate of drug-likeness (QED) is 0.185. The van der Waals surface area contributed by atoms with Crippen molar-refractivity contribution in [3.8, 4) is 0 Å². The molecule has 160 valence electrons. The predicted octanol–water partition coefficient (Wildman–Crippen LogP) is 8.60. The van der Waals surface area contributed by atoms with Gasteiger partial charge in [-0.15, -0.1) is 12.2 Å². The number of rotatable bonds is 7. The van der Waals surface area contributed by atoms with Gasteiger partial charge < -0.3 is 27.6 Å². The molecule has 0 unspecified atom stereocenters. The number of benzene rings is 1. The molecule has 0 amide bonds. The Bertz CT molecular complexity index is 574. The molecule has 0 aliphatic heterocycles.